The second kappa shape index (κ2) is 6.27. The van der Waals surface area contributed by atoms with Crippen LogP contribution in [0.4, 0.5) is 4.39 Å². The molecule has 1 aromatic carbocycles. The Morgan fingerprint density at radius 1 is 1.45 bits per heavy atom. The zero-order valence-corrected chi connectivity index (χ0v) is 12.4. The van der Waals surface area contributed by atoms with Crippen LogP contribution in [0.15, 0.2) is 30.3 Å². The number of nitrogens with one attached hydrogen (secondary N) is 1. The smallest absolute Gasteiger partial charge is 0.274 e. The van der Waals surface area contributed by atoms with E-state index in [1.54, 1.807) is 29.2 Å². The molecule has 2 heterocycles. The molecule has 0 radical (unpaired) electrons. The zero-order valence-electron chi connectivity index (χ0n) is 12.4. The van der Waals surface area contributed by atoms with Gasteiger partial charge in [0.2, 0.25) is 0 Å². The van der Waals surface area contributed by atoms with Crippen LogP contribution in [0.25, 0.3) is 0 Å². The molecular formula is C16H18FN3O2. The van der Waals surface area contributed by atoms with Crippen molar-refractivity contribution in [2.45, 2.75) is 13.5 Å². The number of halogens is 1. The average Bonchev–Trinajstić information content (AvgIpc) is 2.89. The number of rotatable bonds is 5. The molecule has 0 spiro atoms. The fourth-order valence-electron chi connectivity index (χ4n) is 2.44. The first-order valence-electron chi connectivity index (χ1n) is 7.26. The van der Waals surface area contributed by atoms with Gasteiger partial charge in [-0.2, -0.15) is 5.10 Å². The highest BCUT2D eigenvalue weighted by atomic mass is 19.1. The second-order valence-corrected chi connectivity index (χ2v) is 5.62. The Balaban J connectivity index is 1.80. The first-order chi connectivity index (χ1) is 10.6. The summed E-state index contributed by atoms with van der Waals surface area (Å²) in [5.74, 6) is -0.196. The molecule has 0 bridgehead atoms. The van der Waals surface area contributed by atoms with Crippen LogP contribution in [0.1, 0.15) is 21.7 Å². The van der Waals surface area contributed by atoms with Crippen molar-refractivity contribution < 1.29 is 13.9 Å². The highest BCUT2D eigenvalue weighted by molar-refractivity contribution is 5.92. The van der Waals surface area contributed by atoms with E-state index < -0.39 is 0 Å². The number of aromatic amines is 1. The average molecular weight is 303 g/mol. The van der Waals surface area contributed by atoms with Crippen LogP contribution in [-0.4, -0.2) is 40.8 Å². The van der Waals surface area contributed by atoms with E-state index in [4.69, 9.17) is 4.74 Å². The molecule has 1 saturated heterocycles. The molecule has 1 amide bonds. The van der Waals surface area contributed by atoms with Gasteiger partial charge in [0.05, 0.1) is 13.2 Å². The van der Waals surface area contributed by atoms with Gasteiger partial charge in [0.1, 0.15) is 11.5 Å². The minimum atomic E-state index is -0.302. The molecule has 22 heavy (non-hydrogen) atoms. The van der Waals surface area contributed by atoms with Gasteiger partial charge in [-0.3, -0.25) is 9.89 Å². The van der Waals surface area contributed by atoms with E-state index in [-0.39, 0.29) is 18.3 Å². The summed E-state index contributed by atoms with van der Waals surface area (Å²) in [6.45, 7) is 3.89. The zero-order chi connectivity index (χ0) is 15.5. The van der Waals surface area contributed by atoms with Crippen molar-refractivity contribution in [1.29, 1.82) is 0 Å². The van der Waals surface area contributed by atoms with Gasteiger partial charge in [-0.15, -0.1) is 0 Å². The van der Waals surface area contributed by atoms with Gasteiger partial charge in [0.25, 0.3) is 5.91 Å². The fourth-order valence-corrected chi connectivity index (χ4v) is 2.44. The second-order valence-electron chi connectivity index (χ2n) is 5.62. The van der Waals surface area contributed by atoms with Crippen molar-refractivity contribution in [2.24, 2.45) is 5.92 Å². The molecule has 1 N–H and O–H groups in total. The summed E-state index contributed by atoms with van der Waals surface area (Å²) >= 11 is 0. The van der Waals surface area contributed by atoms with Crippen LogP contribution in [0, 0.1) is 18.7 Å². The Bertz CT molecular complexity index is 667. The van der Waals surface area contributed by atoms with Crippen LogP contribution in [0.2, 0.25) is 0 Å². The van der Waals surface area contributed by atoms with Gasteiger partial charge in [0.15, 0.2) is 0 Å². The summed E-state index contributed by atoms with van der Waals surface area (Å²) in [7, 11) is 0. The summed E-state index contributed by atoms with van der Waals surface area (Å²) in [5, 5.41) is 6.78. The van der Waals surface area contributed by atoms with E-state index in [2.05, 4.69) is 10.2 Å². The summed E-state index contributed by atoms with van der Waals surface area (Å²) in [4.78, 5) is 14.3. The van der Waals surface area contributed by atoms with E-state index in [0.29, 0.717) is 36.9 Å². The highest BCUT2D eigenvalue weighted by Gasteiger charge is 2.26. The van der Waals surface area contributed by atoms with Crippen LogP contribution in [-0.2, 0) is 11.3 Å². The molecule has 6 heteroatoms. The lowest BCUT2D eigenvalue weighted by Gasteiger charge is -2.32. The van der Waals surface area contributed by atoms with Gasteiger partial charge in [-0.05, 0) is 19.1 Å². The lowest BCUT2D eigenvalue weighted by molar-refractivity contribution is -0.0442. The van der Waals surface area contributed by atoms with Crippen LogP contribution in [0.5, 0.6) is 0 Å². The standard InChI is InChI=1S/C16H18FN3O2/c1-11-6-15(19-18-11)16(21)20(7-12-9-22-10-12)8-13-4-2-3-5-14(13)17/h2-6,12H,7-10H2,1H3,(H,18,19). The Morgan fingerprint density at radius 3 is 2.82 bits per heavy atom. The summed E-state index contributed by atoms with van der Waals surface area (Å²) in [6.07, 6.45) is 0. The predicted molar refractivity (Wildman–Crippen MR) is 78.8 cm³/mol. The Labute approximate surface area is 128 Å². The number of nitrogens with zero attached hydrogens (tertiary/aromatic N) is 2. The van der Waals surface area contributed by atoms with E-state index in [1.807, 2.05) is 6.92 Å². The SMILES string of the molecule is Cc1cc(C(=O)N(Cc2ccccc2F)CC2COC2)n[nH]1. The first kappa shape index (κ1) is 14.7. The molecule has 5 nitrogen and oxygen atoms in total. The number of hydrogen-bond donors (Lipinski definition) is 1. The van der Waals surface area contributed by atoms with E-state index in [9.17, 15) is 9.18 Å². The number of benzene rings is 1. The van der Waals surface area contributed by atoms with E-state index in [0.717, 1.165) is 5.69 Å². The lowest BCUT2D eigenvalue weighted by Crippen LogP contribution is -2.42. The molecule has 1 fully saturated rings. The molecule has 0 atom stereocenters. The van der Waals surface area contributed by atoms with Gasteiger partial charge in [-0.25, -0.2) is 4.39 Å². The normalized spacial score (nSPS) is 14.6. The number of H-pyrrole nitrogens is 1. The van der Waals surface area contributed by atoms with Crippen molar-refractivity contribution in [3.8, 4) is 0 Å². The summed E-state index contributed by atoms with van der Waals surface area (Å²) < 4.78 is 19.0. The van der Waals surface area contributed by atoms with Crippen molar-refractivity contribution in [2.75, 3.05) is 19.8 Å². The molecule has 3 rings (SSSR count). The molecule has 0 aliphatic carbocycles. The number of aromatic nitrogens is 2. The van der Waals surface area contributed by atoms with Crippen molar-refractivity contribution in [3.63, 3.8) is 0 Å². The van der Waals surface area contributed by atoms with Crippen molar-refractivity contribution >= 4 is 5.91 Å². The minimum absolute atomic E-state index is 0.195. The van der Waals surface area contributed by atoms with Crippen molar-refractivity contribution in [3.05, 3.63) is 53.1 Å². The third kappa shape index (κ3) is 3.17. The van der Waals surface area contributed by atoms with E-state index in [1.165, 1.54) is 6.07 Å². The Morgan fingerprint density at radius 2 is 2.23 bits per heavy atom. The molecule has 1 aliphatic heterocycles. The van der Waals surface area contributed by atoms with E-state index >= 15 is 0 Å². The largest absolute Gasteiger partial charge is 0.381 e. The van der Waals surface area contributed by atoms with Crippen LogP contribution in [0.3, 0.4) is 0 Å². The molecule has 0 saturated carbocycles. The number of carbonyl (C=O) groups excluding carboxylic acids is 1. The molecule has 0 unspecified atom stereocenters. The number of hydrogen-bond acceptors (Lipinski definition) is 3. The Hall–Kier alpha value is -2.21. The third-order valence-corrected chi connectivity index (χ3v) is 3.72. The van der Waals surface area contributed by atoms with Gasteiger partial charge in [-0.1, -0.05) is 18.2 Å². The molecule has 2 aromatic rings. The number of amides is 1. The van der Waals surface area contributed by atoms with Gasteiger partial charge in [0, 0.05) is 30.3 Å². The fraction of sp³-hybridized carbons (Fsp3) is 0.375. The third-order valence-electron chi connectivity index (χ3n) is 3.72. The maximum Gasteiger partial charge on any atom is 0.274 e. The van der Waals surface area contributed by atoms with Gasteiger partial charge < -0.3 is 9.64 Å². The molecular weight excluding hydrogens is 285 g/mol. The number of aryl methyl sites for hydroxylation is 1. The first-order valence-corrected chi connectivity index (χ1v) is 7.26. The minimum Gasteiger partial charge on any atom is -0.381 e. The van der Waals surface area contributed by atoms with Crippen LogP contribution < -0.4 is 0 Å². The lowest BCUT2D eigenvalue weighted by atomic mass is 10.1. The monoisotopic (exact) mass is 303 g/mol. The maximum atomic E-state index is 13.9. The molecule has 1 aliphatic rings. The number of ether oxygens (including phenoxy) is 1. The quantitative estimate of drug-likeness (QED) is 0.920. The molecule has 1 aromatic heterocycles. The van der Waals surface area contributed by atoms with Crippen LogP contribution >= 0.6 is 0 Å². The van der Waals surface area contributed by atoms with Gasteiger partial charge >= 0.3 is 0 Å². The topological polar surface area (TPSA) is 58.2 Å². The predicted octanol–water partition coefficient (Wildman–Crippen LogP) is 2.15. The Kier molecular flexibility index (Phi) is 4.20. The summed E-state index contributed by atoms with van der Waals surface area (Å²) in [6, 6.07) is 8.22. The molecule has 116 valence electrons. The summed E-state index contributed by atoms with van der Waals surface area (Å²) in [5.41, 5.74) is 1.68. The van der Waals surface area contributed by atoms with Crippen molar-refractivity contribution in [1.82, 2.24) is 15.1 Å². The number of carbonyl (C=O) groups is 1. The highest BCUT2D eigenvalue weighted by Crippen LogP contribution is 2.18. The maximum absolute atomic E-state index is 13.9.